The molecule has 0 unspecified atom stereocenters. The lowest BCUT2D eigenvalue weighted by molar-refractivity contribution is 0.415. The third-order valence-electron chi connectivity index (χ3n) is 3.82. The van der Waals surface area contributed by atoms with E-state index >= 15 is 0 Å². The van der Waals surface area contributed by atoms with E-state index in [1.807, 2.05) is 6.07 Å². The van der Waals surface area contributed by atoms with Crippen LogP contribution in [0.2, 0.25) is 0 Å². The molecule has 27 heavy (non-hydrogen) atoms. The van der Waals surface area contributed by atoms with Gasteiger partial charge in [0.25, 0.3) is 5.56 Å². The summed E-state index contributed by atoms with van der Waals surface area (Å²) in [5.41, 5.74) is 0.602. The third kappa shape index (κ3) is 3.70. The molecule has 8 heteroatoms. The second-order valence-electron chi connectivity index (χ2n) is 5.44. The Balaban J connectivity index is 2.27. The Hall–Kier alpha value is -2.76. The van der Waals surface area contributed by atoms with Gasteiger partial charge < -0.3 is 4.74 Å². The maximum atomic E-state index is 12.7. The number of fused-ring (bicyclic) bond motifs is 1. The smallest absolute Gasteiger partial charge is 0.268 e. The second-order valence-corrected chi connectivity index (χ2v) is 7.21. The van der Waals surface area contributed by atoms with Crippen LogP contribution >= 0.6 is 31.9 Å². The highest BCUT2D eigenvalue weighted by molar-refractivity contribution is 9.11. The van der Waals surface area contributed by atoms with Gasteiger partial charge in [-0.3, -0.25) is 9.59 Å². The number of benzene rings is 2. The van der Waals surface area contributed by atoms with Crippen molar-refractivity contribution in [1.82, 2.24) is 9.55 Å². The number of hydrogen-bond donors (Lipinski definition) is 0. The minimum absolute atomic E-state index is 0.0242. The summed E-state index contributed by atoms with van der Waals surface area (Å²) in [6, 6.07) is 12.3. The van der Waals surface area contributed by atoms with Gasteiger partial charge in [0.2, 0.25) is 6.41 Å². The van der Waals surface area contributed by atoms with E-state index in [1.54, 1.807) is 49.6 Å². The van der Waals surface area contributed by atoms with Crippen molar-refractivity contribution in [3.63, 3.8) is 0 Å². The Labute approximate surface area is 171 Å². The lowest BCUT2D eigenvalue weighted by atomic mass is 10.1. The maximum Gasteiger partial charge on any atom is 0.268 e. The molecule has 0 atom stereocenters. The first-order valence-electron chi connectivity index (χ1n) is 7.61. The zero-order valence-electron chi connectivity index (χ0n) is 13.9. The predicted octanol–water partition coefficient (Wildman–Crippen LogP) is 4.03. The van der Waals surface area contributed by atoms with Gasteiger partial charge in [0.15, 0.2) is 5.82 Å². The molecule has 0 amide bonds. The molecule has 0 aliphatic carbocycles. The summed E-state index contributed by atoms with van der Waals surface area (Å²) in [5.74, 6) is 0.651. The van der Waals surface area contributed by atoms with Crippen molar-refractivity contribution in [2.45, 2.75) is 0 Å². The van der Waals surface area contributed by atoms with E-state index in [-0.39, 0.29) is 16.8 Å². The summed E-state index contributed by atoms with van der Waals surface area (Å²) in [6.45, 7) is 0. The van der Waals surface area contributed by atoms with E-state index < -0.39 is 5.56 Å². The molecule has 0 aliphatic rings. The number of methoxy groups -OCH3 is 1. The van der Waals surface area contributed by atoms with Crippen LogP contribution in [0.1, 0.15) is 11.4 Å². The van der Waals surface area contributed by atoms with Gasteiger partial charge in [0.05, 0.1) is 23.6 Å². The van der Waals surface area contributed by atoms with Crippen LogP contribution in [0.25, 0.3) is 22.6 Å². The molecule has 0 aliphatic heterocycles. The SMILES string of the molecule is COc1ccc(/C=C(\C#N)c2nc3c(Br)cc(Br)cc3c(=O)n2C=O)cc1. The van der Waals surface area contributed by atoms with Crippen molar-refractivity contribution in [2.24, 2.45) is 0 Å². The number of rotatable bonds is 4. The van der Waals surface area contributed by atoms with Gasteiger partial charge in [-0.15, -0.1) is 0 Å². The zero-order chi connectivity index (χ0) is 19.6. The minimum Gasteiger partial charge on any atom is -0.497 e. The van der Waals surface area contributed by atoms with Crippen LogP contribution in [0.4, 0.5) is 0 Å². The number of carbonyl (C=O) groups excluding carboxylic acids is 1. The normalized spacial score (nSPS) is 11.3. The van der Waals surface area contributed by atoms with Crippen molar-refractivity contribution in [3.05, 3.63) is 67.1 Å². The third-order valence-corrected chi connectivity index (χ3v) is 4.88. The fraction of sp³-hybridized carbons (Fsp3) is 0.0526. The molecule has 134 valence electrons. The van der Waals surface area contributed by atoms with Crippen LogP contribution in [0.5, 0.6) is 5.75 Å². The van der Waals surface area contributed by atoms with Crippen molar-refractivity contribution < 1.29 is 9.53 Å². The standard InChI is InChI=1S/C19H11Br2N3O3/c1-27-14-4-2-11(3-5-14)6-12(9-22)18-23-17-15(19(26)24(18)10-25)7-13(20)8-16(17)21/h2-8,10H,1H3/b12-6+. The van der Waals surface area contributed by atoms with Gasteiger partial charge in [0, 0.05) is 8.95 Å². The van der Waals surface area contributed by atoms with E-state index in [0.29, 0.717) is 32.2 Å². The van der Waals surface area contributed by atoms with Crippen molar-refractivity contribution >= 4 is 60.8 Å². The molecule has 3 rings (SSSR count). The summed E-state index contributed by atoms with van der Waals surface area (Å²) in [7, 11) is 1.56. The van der Waals surface area contributed by atoms with Gasteiger partial charge in [-0.25, -0.2) is 9.55 Å². The average molecular weight is 489 g/mol. The molecule has 6 nitrogen and oxygen atoms in total. The Morgan fingerprint density at radius 3 is 2.56 bits per heavy atom. The van der Waals surface area contributed by atoms with Crippen molar-refractivity contribution in [3.8, 4) is 11.8 Å². The average Bonchev–Trinajstić information content (AvgIpc) is 2.67. The van der Waals surface area contributed by atoms with Crippen LogP contribution in [0, 0.1) is 11.3 Å². The van der Waals surface area contributed by atoms with Gasteiger partial charge in [-0.1, -0.05) is 28.1 Å². The lowest BCUT2D eigenvalue weighted by Crippen LogP contribution is -2.24. The molecule has 0 saturated carbocycles. The molecule has 0 N–H and O–H groups in total. The first kappa shape index (κ1) is 19.0. The molecular weight excluding hydrogens is 478 g/mol. The number of carbonyl (C=O) groups is 1. The molecule has 0 radical (unpaired) electrons. The summed E-state index contributed by atoms with van der Waals surface area (Å²) in [5, 5.41) is 9.86. The number of allylic oxidation sites excluding steroid dienone is 1. The van der Waals surface area contributed by atoms with Gasteiger partial charge in [0.1, 0.15) is 11.8 Å². The van der Waals surface area contributed by atoms with E-state index in [1.165, 1.54) is 0 Å². The Morgan fingerprint density at radius 1 is 1.26 bits per heavy atom. The highest BCUT2D eigenvalue weighted by atomic mass is 79.9. The fourth-order valence-corrected chi connectivity index (χ4v) is 3.84. The fourth-order valence-electron chi connectivity index (χ4n) is 2.53. The number of ether oxygens (including phenoxy) is 1. The van der Waals surface area contributed by atoms with Crippen LogP contribution in [-0.2, 0) is 4.79 Å². The highest BCUT2D eigenvalue weighted by Crippen LogP contribution is 2.27. The number of nitriles is 1. The van der Waals surface area contributed by atoms with Crippen molar-refractivity contribution in [1.29, 1.82) is 5.26 Å². The number of nitrogens with zero attached hydrogens (tertiary/aromatic N) is 3. The van der Waals surface area contributed by atoms with Gasteiger partial charge in [-0.2, -0.15) is 5.26 Å². The number of aromatic nitrogens is 2. The maximum absolute atomic E-state index is 12.7. The summed E-state index contributed by atoms with van der Waals surface area (Å²) in [4.78, 5) is 28.7. The minimum atomic E-state index is -0.553. The summed E-state index contributed by atoms with van der Waals surface area (Å²) >= 11 is 6.68. The molecule has 1 heterocycles. The molecule has 0 fully saturated rings. The van der Waals surface area contributed by atoms with Crippen LogP contribution in [0.15, 0.2) is 50.1 Å². The molecule has 0 bridgehead atoms. The van der Waals surface area contributed by atoms with Gasteiger partial charge >= 0.3 is 0 Å². The number of halogens is 2. The molecule has 0 saturated heterocycles. The van der Waals surface area contributed by atoms with E-state index in [0.717, 1.165) is 4.57 Å². The first-order chi connectivity index (χ1) is 13.0. The Kier molecular flexibility index (Phi) is 5.54. The second kappa shape index (κ2) is 7.86. The molecule has 3 aromatic rings. The quantitative estimate of drug-likeness (QED) is 0.408. The summed E-state index contributed by atoms with van der Waals surface area (Å²) < 4.78 is 7.18. The molecule has 0 spiro atoms. The molecular formula is C19H11Br2N3O3. The predicted molar refractivity (Wildman–Crippen MR) is 110 cm³/mol. The lowest BCUT2D eigenvalue weighted by Gasteiger charge is -2.09. The largest absolute Gasteiger partial charge is 0.497 e. The van der Waals surface area contributed by atoms with Crippen LogP contribution < -0.4 is 10.3 Å². The monoisotopic (exact) mass is 487 g/mol. The van der Waals surface area contributed by atoms with Crippen LogP contribution in [-0.4, -0.2) is 23.1 Å². The summed E-state index contributed by atoms with van der Waals surface area (Å²) in [6.07, 6.45) is 1.91. The zero-order valence-corrected chi connectivity index (χ0v) is 17.1. The molecule has 2 aromatic carbocycles. The van der Waals surface area contributed by atoms with Gasteiger partial charge in [-0.05, 0) is 51.8 Å². The first-order valence-corrected chi connectivity index (χ1v) is 9.20. The Morgan fingerprint density at radius 2 is 1.96 bits per heavy atom. The van der Waals surface area contributed by atoms with E-state index in [4.69, 9.17) is 4.74 Å². The number of hydrogen-bond acceptors (Lipinski definition) is 5. The topological polar surface area (TPSA) is 85.0 Å². The van der Waals surface area contributed by atoms with Crippen molar-refractivity contribution in [2.75, 3.05) is 7.11 Å². The highest BCUT2D eigenvalue weighted by Gasteiger charge is 2.16. The van der Waals surface area contributed by atoms with Crippen LogP contribution in [0.3, 0.4) is 0 Å². The molecule has 1 aromatic heterocycles. The van der Waals surface area contributed by atoms with E-state index in [9.17, 15) is 14.9 Å². The Bertz CT molecular complexity index is 1180. The van der Waals surface area contributed by atoms with E-state index in [2.05, 4.69) is 36.8 Å².